The summed E-state index contributed by atoms with van der Waals surface area (Å²) in [7, 11) is 1.84. The molecule has 7 nitrogen and oxygen atoms in total. The number of likely N-dealkylation sites (tertiary alicyclic amines) is 1. The highest BCUT2D eigenvalue weighted by molar-refractivity contribution is 5.81. The monoisotopic (exact) mass is 414 g/mol. The highest BCUT2D eigenvalue weighted by atomic mass is 16.2. The average Bonchev–Trinajstić information content (AvgIpc) is 2.77. The molecule has 7 heteroatoms. The standard InChI is InChI=1S/C23H38N6O/c1-4-10-23(2)11-7-14-29(19-23)22(24-3)26-13-9-21(30)28-17-15-27(16-18-28)20-8-5-6-12-25-20/h5-6,8,12H,4,7,9-11,13-19H2,1-3H3,(H,24,26). The number of hydrogen-bond donors (Lipinski definition) is 1. The van der Waals surface area contributed by atoms with Crippen LogP contribution < -0.4 is 10.2 Å². The molecule has 166 valence electrons. The molecule has 2 fully saturated rings. The van der Waals surface area contributed by atoms with Crippen molar-refractivity contribution in [2.24, 2.45) is 10.4 Å². The fraction of sp³-hybridized carbons (Fsp3) is 0.696. The normalized spacial score (nSPS) is 22.9. The first kappa shape index (κ1) is 22.4. The van der Waals surface area contributed by atoms with Crippen LogP contribution in [0.3, 0.4) is 0 Å². The van der Waals surface area contributed by atoms with Crippen LogP contribution in [0.15, 0.2) is 29.4 Å². The van der Waals surface area contributed by atoms with Gasteiger partial charge < -0.3 is 20.0 Å². The number of rotatable bonds is 6. The molecule has 2 aliphatic heterocycles. The number of guanidine groups is 1. The zero-order valence-corrected chi connectivity index (χ0v) is 18.9. The number of piperazine rings is 1. The van der Waals surface area contributed by atoms with Crippen molar-refractivity contribution in [2.45, 2.75) is 46.0 Å². The molecule has 1 amide bonds. The summed E-state index contributed by atoms with van der Waals surface area (Å²) in [6.07, 6.45) is 7.29. The minimum absolute atomic E-state index is 0.216. The van der Waals surface area contributed by atoms with Gasteiger partial charge in [-0.3, -0.25) is 9.79 Å². The van der Waals surface area contributed by atoms with Gasteiger partial charge in [-0.1, -0.05) is 26.3 Å². The van der Waals surface area contributed by atoms with E-state index in [0.717, 1.165) is 51.0 Å². The Morgan fingerprint density at radius 3 is 2.67 bits per heavy atom. The number of nitrogens with one attached hydrogen (secondary N) is 1. The van der Waals surface area contributed by atoms with Gasteiger partial charge in [-0.25, -0.2) is 4.98 Å². The first-order valence-electron chi connectivity index (χ1n) is 11.4. The van der Waals surface area contributed by atoms with Crippen molar-refractivity contribution < 1.29 is 4.79 Å². The Morgan fingerprint density at radius 1 is 1.20 bits per heavy atom. The fourth-order valence-electron chi connectivity index (χ4n) is 4.80. The molecule has 0 aliphatic carbocycles. The van der Waals surface area contributed by atoms with Crippen molar-refractivity contribution in [3.8, 4) is 0 Å². The molecule has 30 heavy (non-hydrogen) atoms. The second kappa shape index (κ2) is 10.6. The molecule has 1 unspecified atom stereocenters. The maximum atomic E-state index is 12.7. The van der Waals surface area contributed by atoms with E-state index in [0.29, 0.717) is 18.4 Å². The molecule has 0 spiro atoms. The minimum Gasteiger partial charge on any atom is -0.356 e. The van der Waals surface area contributed by atoms with Crippen LogP contribution in [0.4, 0.5) is 5.82 Å². The summed E-state index contributed by atoms with van der Waals surface area (Å²) in [4.78, 5) is 28.2. The number of hydrogen-bond acceptors (Lipinski definition) is 4. The van der Waals surface area contributed by atoms with E-state index in [1.807, 2.05) is 36.3 Å². The summed E-state index contributed by atoms with van der Waals surface area (Å²) in [5, 5.41) is 3.43. The number of anilines is 1. The quantitative estimate of drug-likeness (QED) is 0.573. The summed E-state index contributed by atoms with van der Waals surface area (Å²) in [6.45, 7) is 10.6. The van der Waals surface area contributed by atoms with Gasteiger partial charge in [0.05, 0.1) is 0 Å². The third-order valence-electron chi connectivity index (χ3n) is 6.37. The third kappa shape index (κ3) is 5.86. The number of pyridine rings is 1. The summed E-state index contributed by atoms with van der Waals surface area (Å²) < 4.78 is 0. The van der Waals surface area contributed by atoms with Gasteiger partial charge in [-0.05, 0) is 36.8 Å². The molecule has 1 aromatic heterocycles. The van der Waals surface area contributed by atoms with Crippen molar-refractivity contribution >= 4 is 17.7 Å². The van der Waals surface area contributed by atoms with E-state index in [1.165, 1.54) is 25.7 Å². The Morgan fingerprint density at radius 2 is 2.00 bits per heavy atom. The Labute approximate surface area is 181 Å². The molecule has 2 aliphatic rings. The van der Waals surface area contributed by atoms with Crippen LogP contribution in [-0.2, 0) is 4.79 Å². The number of aromatic nitrogens is 1. The highest BCUT2D eigenvalue weighted by Gasteiger charge is 2.31. The van der Waals surface area contributed by atoms with E-state index in [4.69, 9.17) is 0 Å². The van der Waals surface area contributed by atoms with Crippen LogP contribution in [0.1, 0.15) is 46.0 Å². The van der Waals surface area contributed by atoms with Crippen molar-refractivity contribution in [3.63, 3.8) is 0 Å². The molecule has 1 N–H and O–H groups in total. The Hall–Kier alpha value is -2.31. The van der Waals surface area contributed by atoms with Crippen molar-refractivity contribution in [3.05, 3.63) is 24.4 Å². The van der Waals surface area contributed by atoms with Crippen LogP contribution in [0, 0.1) is 5.41 Å². The molecule has 3 heterocycles. The van der Waals surface area contributed by atoms with Crippen LogP contribution in [0.2, 0.25) is 0 Å². The van der Waals surface area contributed by atoms with Crippen LogP contribution in [0.5, 0.6) is 0 Å². The molecule has 0 aromatic carbocycles. The van der Waals surface area contributed by atoms with Crippen LogP contribution in [-0.4, -0.2) is 79.5 Å². The lowest BCUT2D eigenvalue weighted by Crippen LogP contribution is -2.51. The lowest BCUT2D eigenvalue weighted by Gasteiger charge is -2.42. The summed E-state index contributed by atoms with van der Waals surface area (Å²) in [5.74, 6) is 2.14. The van der Waals surface area contributed by atoms with E-state index in [1.54, 1.807) is 0 Å². The first-order chi connectivity index (χ1) is 14.5. The molecule has 1 aromatic rings. The van der Waals surface area contributed by atoms with E-state index in [9.17, 15) is 4.79 Å². The van der Waals surface area contributed by atoms with Crippen molar-refractivity contribution in [1.29, 1.82) is 0 Å². The molecule has 2 saturated heterocycles. The van der Waals surface area contributed by atoms with Gasteiger partial charge in [-0.2, -0.15) is 0 Å². The van der Waals surface area contributed by atoms with Crippen molar-refractivity contribution in [2.75, 3.05) is 57.8 Å². The number of piperidine rings is 1. The number of nitrogens with zero attached hydrogens (tertiary/aromatic N) is 5. The van der Waals surface area contributed by atoms with Gasteiger partial charge in [0.2, 0.25) is 5.91 Å². The van der Waals surface area contributed by atoms with Crippen molar-refractivity contribution in [1.82, 2.24) is 20.1 Å². The Bertz CT molecular complexity index is 697. The second-order valence-corrected chi connectivity index (χ2v) is 8.87. The number of carbonyl (C=O) groups is 1. The lowest BCUT2D eigenvalue weighted by molar-refractivity contribution is -0.131. The van der Waals surface area contributed by atoms with Gasteiger partial charge in [0, 0.05) is 65.5 Å². The maximum Gasteiger partial charge on any atom is 0.224 e. The number of aliphatic imine (C=N–C) groups is 1. The zero-order chi connectivity index (χ0) is 21.4. The van der Waals surface area contributed by atoms with Crippen LogP contribution in [0.25, 0.3) is 0 Å². The van der Waals surface area contributed by atoms with Gasteiger partial charge in [0.1, 0.15) is 5.82 Å². The summed E-state index contributed by atoms with van der Waals surface area (Å²) >= 11 is 0. The highest BCUT2D eigenvalue weighted by Crippen LogP contribution is 2.33. The molecule has 0 bridgehead atoms. The molecule has 3 rings (SSSR count). The SMILES string of the molecule is CCCC1(C)CCCN(C(=NC)NCCC(=O)N2CCN(c3ccccn3)CC2)C1. The number of amides is 1. The Balaban J connectivity index is 1.41. The predicted molar refractivity (Wildman–Crippen MR) is 123 cm³/mol. The molecular weight excluding hydrogens is 376 g/mol. The molecule has 0 saturated carbocycles. The van der Waals surface area contributed by atoms with E-state index < -0.39 is 0 Å². The van der Waals surface area contributed by atoms with Crippen LogP contribution >= 0.6 is 0 Å². The molecule has 1 atom stereocenters. The van der Waals surface area contributed by atoms with Gasteiger partial charge in [-0.15, -0.1) is 0 Å². The second-order valence-electron chi connectivity index (χ2n) is 8.87. The minimum atomic E-state index is 0.216. The Kier molecular flexibility index (Phi) is 7.94. The smallest absolute Gasteiger partial charge is 0.224 e. The molecular formula is C23H38N6O. The van der Waals surface area contributed by atoms with E-state index in [-0.39, 0.29) is 5.91 Å². The van der Waals surface area contributed by atoms with E-state index >= 15 is 0 Å². The molecule has 0 radical (unpaired) electrons. The third-order valence-corrected chi connectivity index (χ3v) is 6.37. The van der Waals surface area contributed by atoms with Gasteiger partial charge >= 0.3 is 0 Å². The maximum absolute atomic E-state index is 12.7. The van der Waals surface area contributed by atoms with Gasteiger partial charge in [0.15, 0.2) is 5.96 Å². The lowest BCUT2D eigenvalue weighted by atomic mass is 9.78. The fourth-order valence-corrected chi connectivity index (χ4v) is 4.80. The average molecular weight is 415 g/mol. The zero-order valence-electron chi connectivity index (χ0n) is 18.9. The largest absolute Gasteiger partial charge is 0.356 e. The topological polar surface area (TPSA) is 64.1 Å². The van der Waals surface area contributed by atoms with Gasteiger partial charge in [0.25, 0.3) is 0 Å². The summed E-state index contributed by atoms with van der Waals surface area (Å²) in [6, 6.07) is 5.96. The summed E-state index contributed by atoms with van der Waals surface area (Å²) in [5.41, 5.74) is 0.369. The first-order valence-corrected chi connectivity index (χ1v) is 11.4. The van der Waals surface area contributed by atoms with E-state index in [2.05, 4.69) is 38.9 Å². The number of carbonyl (C=O) groups excluding carboxylic acids is 1. The predicted octanol–water partition coefficient (Wildman–Crippen LogP) is 2.60.